The van der Waals surface area contributed by atoms with Crippen molar-refractivity contribution in [3.05, 3.63) is 46.2 Å². The fourth-order valence-corrected chi connectivity index (χ4v) is 2.23. The molecule has 0 saturated carbocycles. The van der Waals surface area contributed by atoms with E-state index >= 15 is 0 Å². The van der Waals surface area contributed by atoms with E-state index in [1.54, 1.807) is 11.5 Å². The Hall–Kier alpha value is -2.10. The standard InChI is InChI=1S/C16H20N2O2/c1-3-4-9-17-15(19)11-18-14-8-6-5-7-13(14)10-12(2)16(18)20/h5-8,10H,3-4,9,11H2,1-2H3,(H,17,19). The van der Waals surface area contributed by atoms with E-state index in [-0.39, 0.29) is 18.0 Å². The van der Waals surface area contributed by atoms with Gasteiger partial charge in [-0.1, -0.05) is 31.5 Å². The van der Waals surface area contributed by atoms with Crippen molar-refractivity contribution >= 4 is 16.8 Å². The number of hydrogen-bond acceptors (Lipinski definition) is 2. The van der Waals surface area contributed by atoms with Crippen LogP contribution in [0.25, 0.3) is 10.9 Å². The number of unbranched alkanes of at least 4 members (excludes halogenated alkanes) is 1. The van der Waals surface area contributed by atoms with Crippen molar-refractivity contribution in [2.45, 2.75) is 33.2 Å². The van der Waals surface area contributed by atoms with E-state index in [0.717, 1.165) is 23.7 Å². The van der Waals surface area contributed by atoms with Gasteiger partial charge in [-0.2, -0.15) is 0 Å². The molecule has 106 valence electrons. The molecule has 0 atom stereocenters. The minimum atomic E-state index is -0.115. The summed E-state index contributed by atoms with van der Waals surface area (Å²) in [6, 6.07) is 9.49. The smallest absolute Gasteiger partial charge is 0.254 e. The fraction of sp³-hybridized carbons (Fsp3) is 0.375. The van der Waals surface area contributed by atoms with E-state index in [9.17, 15) is 9.59 Å². The summed E-state index contributed by atoms with van der Waals surface area (Å²) in [6.45, 7) is 4.59. The summed E-state index contributed by atoms with van der Waals surface area (Å²) < 4.78 is 1.55. The van der Waals surface area contributed by atoms with Gasteiger partial charge in [0, 0.05) is 12.1 Å². The molecule has 1 amide bonds. The van der Waals surface area contributed by atoms with Crippen LogP contribution in [0.4, 0.5) is 0 Å². The summed E-state index contributed by atoms with van der Waals surface area (Å²) in [4.78, 5) is 24.2. The fourth-order valence-electron chi connectivity index (χ4n) is 2.23. The molecule has 0 aliphatic rings. The van der Waals surface area contributed by atoms with Crippen molar-refractivity contribution in [2.75, 3.05) is 6.54 Å². The molecule has 0 spiro atoms. The Bertz CT molecular complexity index is 674. The van der Waals surface area contributed by atoms with Crippen LogP contribution in [-0.4, -0.2) is 17.0 Å². The van der Waals surface area contributed by atoms with Gasteiger partial charge in [0.15, 0.2) is 0 Å². The van der Waals surface area contributed by atoms with Gasteiger partial charge in [-0.3, -0.25) is 14.2 Å². The zero-order valence-electron chi connectivity index (χ0n) is 12.0. The Kier molecular flexibility index (Phi) is 4.56. The number of fused-ring (bicyclic) bond motifs is 1. The summed E-state index contributed by atoms with van der Waals surface area (Å²) >= 11 is 0. The Morgan fingerprint density at radius 2 is 2.05 bits per heavy atom. The Labute approximate surface area is 118 Å². The van der Waals surface area contributed by atoms with Crippen LogP contribution in [0.2, 0.25) is 0 Å². The van der Waals surface area contributed by atoms with Gasteiger partial charge >= 0.3 is 0 Å². The van der Waals surface area contributed by atoms with Crippen LogP contribution in [0.1, 0.15) is 25.3 Å². The van der Waals surface area contributed by atoms with E-state index in [1.165, 1.54) is 0 Å². The predicted octanol–water partition coefficient (Wildman–Crippen LogP) is 2.23. The number of carbonyl (C=O) groups excluding carboxylic acids is 1. The molecule has 1 aromatic heterocycles. The normalized spacial score (nSPS) is 10.7. The zero-order valence-corrected chi connectivity index (χ0v) is 12.0. The lowest BCUT2D eigenvalue weighted by molar-refractivity contribution is -0.121. The number of aromatic nitrogens is 1. The number of aryl methyl sites for hydroxylation is 1. The topological polar surface area (TPSA) is 51.1 Å². The molecule has 0 aliphatic carbocycles. The number of hydrogen-bond donors (Lipinski definition) is 1. The van der Waals surface area contributed by atoms with E-state index in [0.29, 0.717) is 12.1 Å². The molecule has 2 rings (SSSR count). The highest BCUT2D eigenvalue weighted by molar-refractivity contribution is 5.82. The Morgan fingerprint density at radius 1 is 1.30 bits per heavy atom. The number of benzene rings is 1. The molecule has 0 radical (unpaired) electrons. The van der Waals surface area contributed by atoms with Crippen molar-refractivity contribution in [1.82, 2.24) is 9.88 Å². The average Bonchev–Trinajstić information content (AvgIpc) is 2.44. The molecule has 0 unspecified atom stereocenters. The maximum Gasteiger partial charge on any atom is 0.254 e. The molecule has 1 aromatic carbocycles. The Morgan fingerprint density at radius 3 is 2.80 bits per heavy atom. The summed E-state index contributed by atoms with van der Waals surface area (Å²) in [6.07, 6.45) is 1.99. The predicted molar refractivity (Wildman–Crippen MR) is 80.9 cm³/mol. The van der Waals surface area contributed by atoms with Gasteiger partial charge in [-0.05, 0) is 30.9 Å². The number of amides is 1. The minimum absolute atomic E-state index is 0.0741. The number of para-hydroxylation sites is 1. The second-order valence-electron chi connectivity index (χ2n) is 4.98. The highest BCUT2D eigenvalue weighted by Gasteiger charge is 2.09. The van der Waals surface area contributed by atoms with Crippen LogP contribution in [0, 0.1) is 6.92 Å². The first kappa shape index (κ1) is 14.3. The first-order valence-corrected chi connectivity index (χ1v) is 6.99. The summed E-state index contributed by atoms with van der Waals surface area (Å²) in [5, 5.41) is 3.82. The van der Waals surface area contributed by atoms with Crippen LogP contribution >= 0.6 is 0 Å². The number of nitrogens with zero attached hydrogens (tertiary/aromatic N) is 1. The largest absolute Gasteiger partial charge is 0.355 e. The molecule has 2 aromatic rings. The molecule has 0 aliphatic heterocycles. The van der Waals surface area contributed by atoms with Crippen molar-refractivity contribution in [1.29, 1.82) is 0 Å². The number of rotatable bonds is 5. The average molecular weight is 272 g/mol. The highest BCUT2D eigenvalue weighted by atomic mass is 16.2. The monoisotopic (exact) mass is 272 g/mol. The quantitative estimate of drug-likeness (QED) is 0.849. The molecule has 1 heterocycles. The lowest BCUT2D eigenvalue weighted by Gasteiger charge is -2.11. The molecule has 1 N–H and O–H groups in total. The van der Waals surface area contributed by atoms with Gasteiger partial charge in [0.05, 0.1) is 5.52 Å². The molecule has 0 fully saturated rings. The van der Waals surface area contributed by atoms with Crippen LogP contribution in [0.3, 0.4) is 0 Å². The molecule has 4 heteroatoms. The maximum absolute atomic E-state index is 12.2. The van der Waals surface area contributed by atoms with Gasteiger partial charge in [-0.15, -0.1) is 0 Å². The minimum Gasteiger partial charge on any atom is -0.355 e. The van der Waals surface area contributed by atoms with Crippen LogP contribution in [0.5, 0.6) is 0 Å². The van der Waals surface area contributed by atoms with Crippen molar-refractivity contribution in [3.63, 3.8) is 0 Å². The highest BCUT2D eigenvalue weighted by Crippen LogP contribution is 2.12. The van der Waals surface area contributed by atoms with E-state index < -0.39 is 0 Å². The number of pyridine rings is 1. The van der Waals surface area contributed by atoms with Crippen molar-refractivity contribution in [2.24, 2.45) is 0 Å². The Balaban J connectivity index is 2.31. The van der Waals surface area contributed by atoms with Gasteiger partial charge in [0.1, 0.15) is 6.54 Å². The van der Waals surface area contributed by atoms with Gasteiger partial charge in [-0.25, -0.2) is 0 Å². The second-order valence-corrected chi connectivity index (χ2v) is 4.98. The zero-order chi connectivity index (χ0) is 14.5. The van der Waals surface area contributed by atoms with Crippen molar-refractivity contribution < 1.29 is 4.79 Å². The van der Waals surface area contributed by atoms with Crippen LogP contribution < -0.4 is 10.9 Å². The molecule has 4 nitrogen and oxygen atoms in total. The first-order valence-electron chi connectivity index (χ1n) is 6.99. The lowest BCUT2D eigenvalue weighted by Crippen LogP contribution is -2.33. The van der Waals surface area contributed by atoms with Gasteiger partial charge in [0.2, 0.25) is 5.91 Å². The molecule has 0 bridgehead atoms. The summed E-state index contributed by atoms with van der Waals surface area (Å²) in [5.41, 5.74) is 1.35. The lowest BCUT2D eigenvalue weighted by atomic mass is 10.1. The van der Waals surface area contributed by atoms with Crippen LogP contribution in [0.15, 0.2) is 35.1 Å². The third-order valence-electron chi connectivity index (χ3n) is 3.34. The summed E-state index contributed by atoms with van der Waals surface area (Å²) in [5.74, 6) is -0.115. The molecular weight excluding hydrogens is 252 g/mol. The van der Waals surface area contributed by atoms with Gasteiger partial charge < -0.3 is 5.32 Å². The van der Waals surface area contributed by atoms with Crippen LogP contribution in [-0.2, 0) is 11.3 Å². The third-order valence-corrected chi connectivity index (χ3v) is 3.34. The number of carbonyl (C=O) groups is 1. The molecule has 0 saturated heterocycles. The maximum atomic E-state index is 12.2. The van der Waals surface area contributed by atoms with E-state index in [4.69, 9.17) is 0 Å². The van der Waals surface area contributed by atoms with E-state index in [2.05, 4.69) is 12.2 Å². The summed E-state index contributed by atoms with van der Waals surface area (Å²) in [7, 11) is 0. The SMILES string of the molecule is CCCCNC(=O)Cn1c(=O)c(C)cc2ccccc21. The molecular formula is C16H20N2O2. The second kappa shape index (κ2) is 6.37. The first-order chi connectivity index (χ1) is 9.63. The number of nitrogens with one attached hydrogen (secondary N) is 1. The third kappa shape index (κ3) is 3.07. The van der Waals surface area contributed by atoms with Gasteiger partial charge in [0.25, 0.3) is 5.56 Å². The molecule has 20 heavy (non-hydrogen) atoms. The van der Waals surface area contributed by atoms with E-state index in [1.807, 2.05) is 30.3 Å². The van der Waals surface area contributed by atoms with Crippen molar-refractivity contribution in [3.8, 4) is 0 Å².